The molecule has 9 nitrogen and oxygen atoms in total. The maximum absolute atomic E-state index is 13.0. The fraction of sp³-hybridized carbons (Fsp3) is 0.278. The maximum atomic E-state index is 13.0. The Bertz CT molecular complexity index is 1230. The molecule has 0 fully saturated rings. The highest BCUT2D eigenvalue weighted by Crippen LogP contribution is 2.23. The zero-order valence-electron chi connectivity index (χ0n) is 16.2. The summed E-state index contributed by atoms with van der Waals surface area (Å²) >= 11 is 5.86. The molecule has 2 aromatic heterocycles. The number of sulfone groups is 1. The van der Waals surface area contributed by atoms with Gasteiger partial charge in [-0.2, -0.15) is 0 Å². The molecule has 1 unspecified atom stereocenters. The first-order valence-electron chi connectivity index (χ1n) is 8.91. The fourth-order valence-corrected chi connectivity index (χ4v) is 5.07. The largest absolute Gasteiger partial charge is 0.301 e. The number of halogens is 1. The van der Waals surface area contributed by atoms with Gasteiger partial charge in [0.15, 0.2) is 5.82 Å². The third-order valence-corrected chi connectivity index (χ3v) is 6.99. The second-order valence-electron chi connectivity index (χ2n) is 6.55. The van der Waals surface area contributed by atoms with Crippen molar-refractivity contribution in [2.75, 3.05) is 6.26 Å². The minimum atomic E-state index is -3.96. The van der Waals surface area contributed by atoms with Crippen LogP contribution in [0.1, 0.15) is 24.4 Å². The predicted octanol–water partition coefficient (Wildman–Crippen LogP) is 2.01. The Hall–Kier alpha value is -2.34. The SMILES string of the molecule is CCn1c(C(Cc2cccnc2)NS(=O)(=O)c2ccc(Cl)cc2)nnc1S(C)(=O)=O. The summed E-state index contributed by atoms with van der Waals surface area (Å²) in [6, 6.07) is 8.37. The van der Waals surface area contributed by atoms with Crippen LogP contribution >= 0.6 is 11.6 Å². The van der Waals surface area contributed by atoms with Gasteiger partial charge in [0.2, 0.25) is 25.0 Å². The molecule has 0 saturated heterocycles. The number of benzene rings is 1. The lowest BCUT2D eigenvalue weighted by Gasteiger charge is -2.19. The Morgan fingerprint density at radius 1 is 1.10 bits per heavy atom. The summed E-state index contributed by atoms with van der Waals surface area (Å²) in [5, 5.41) is 7.99. The molecular weight excluding hydrogens is 450 g/mol. The molecule has 0 aliphatic carbocycles. The lowest BCUT2D eigenvalue weighted by molar-refractivity contribution is 0.512. The first kappa shape index (κ1) is 22.3. The Balaban J connectivity index is 2.06. The average molecular weight is 470 g/mol. The summed E-state index contributed by atoms with van der Waals surface area (Å²) in [6.45, 7) is 1.98. The van der Waals surface area contributed by atoms with Crippen molar-refractivity contribution < 1.29 is 16.8 Å². The summed E-state index contributed by atoms with van der Waals surface area (Å²) in [5.41, 5.74) is 0.743. The van der Waals surface area contributed by atoms with Crippen LogP contribution in [-0.2, 0) is 32.8 Å². The van der Waals surface area contributed by atoms with Crippen LogP contribution in [0.5, 0.6) is 0 Å². The van der Waals surface area contributed by atoms with Gasteiger partial charge < -0.3 is 4.57 Å². The number of nitrogens with one attached hydrogen (secondary N) is 1. The van der Waals surface area contributed by atoms with E-state index in [-0.39, 0.29) is 28.8 Å². The third kappa shape index (κ3) is 5.04. The van der Waals surface area contributed by atoms with Gasteiger partial charge in [-0.25, -0.2) is 21.6 Å². The van der Waals surface area contributed by atoms with Crippen LogP contribution in [0.25, 0.3) is 0 Å². The Morgan fingerprint density at radius 2 is 1.80 bits per heavy atom. The molecular formula is C18H20ClN5O4S2. The van der Waals surface area contributed by atoms with Crippen molar-refractivity contribution in [3.05, 3.63) is 65.2 Å². The van der Waals surface area contributed by atoms with Crippen molar-refractivity contribution in [3.63, 3.8) is 0 Å². The van der Waals surface area contributed by atoms with Crippen molar-refractivity contribution in [1.29, 1.82) is 0 Å². The van der Waals surface area contributed by atoms with Gasteiger partial charge in [-0.15, -0.1) is 10.2 Å². The molecule has 0 aliphatic rings. The molecule has 160 valence electrons. The molecule has 30 heavy (non-hydrogen) atoms. The zero-order chi connectivity index (χ0) is 21.9. The topological polar surface area (TPSA) is 124 Å². The molecule has 0 spiro atoms. The molecule has 0 bridgehead atoms. The number of rotatable bonds is 8. The molecule has 2 heterocycles. The highest BCUT2D eigenvalue weighted by atomic mass is 35.5. The average Bonchev–Trinajstić information content (AvgIpc) is 3.13. The van der Waals surface area contributed by atoms with Crippen LogP contribution < -0.4 is 4.72 Å². The summed E-state index contributed by atoms with van der Waals surface area (Å²) in [6.07, 6.45) is 4.43. The van der Waals surface area contributed by atoms with Gasteiger partial charge in [0.25, 0.3) is 0 Å². The minimum absolute atomic E-state index is 0.0222. The van der Waals surface area contributed by atoms with E-state index < -0.39 is 25.9 Å². The second-order valence-corrected chi connectivity index (χ2v) is 10.6. The first-order valence-corrected chi connectivity index (χ1v) is 12.7. The van der Waals surface area contributed by atoms with Gasteiger partial charge in [-0.1, -0.05) is 17.7 Å². The number of hydrogen-bond donors (Lipinski definition) is 1. The Morgan fingerprint density at radius 3 is 2.37 bits per heavy atom. The van der Waals surface area contributed by atoms with Crippen LogP contribution in [0.15, 0.2) is 58.8 Å². The third-order valence-electron chi connectivity index (χ3n) is 4.29. The summed E-state index contributed by atoms with van der Waals surface area (Å²) < 4.78 is 54.1. The molecule has 0 saturated carbocycles. The molecule has 1 atom stereocenters. The van der Waals surface area contributed by atoms with Crippen LogP contribution in [0.4, 0.5) is 0 Å². The monoisotopic (exact) mass is 469 g/mol. The number of pyridine rings is 1. The van der Waals surface area contributed by atoms with Crippen molar-refractivity contribution >= 4 is 31.5 Å². The minimum Gasteiger partial charge on any atom is -0.301 e. The lowest BCUT2D eigenvalue weighted by Crippen LogP contribution is -2.32. The molecule has 12 heteroatoms. The second kappa shape index (κ2) is 8.80. The van der Waals surface area contributed by atoms with Crippen LogP contribution in [-0.4, -0.2) is 42.8 Å². The van der Waals surface area contributed by atoms with Crippen LogP contribution in [0.2, 0.25) is 5.02 Å². The molecule has 1 N–H and O–H groups in total. The Kier molecular flexibility index (Phi) is 6.56. The van der Waals surface area contributed by atoms with Crippen molar-refractivity contribution in [1.82, 2.24) is 24.5 Å². The highest BCUT2D eigenvalue weighted by molar-refractivity contribution is 7.90. The molecule has 0 radical (unpaired) electrons. The van der Waals surface area contributed by atoms with E-state index in [1.165, 1.54) is 28.8 Å². The molecule has 0 aliphatic heterocycles. The van der Waals surface area contributed by atoms with Crippen molar-refractivity contribution in [2.45, 2.75) is 36.0 Å². The van der Waals surface area contributed by atoms with Gasteiger partial charge in [0.1, 0.15) is 0 Å². The normalized spacial score (nSPS) is 13.3. The van der Waals surface area contributed by atoms with E-state index in [0.29, 0.717) is 5.02 Å². The molecule has 0 amide bonds. The predicted molar refractivity (Wildman–Crippen MR) is 111 cm³/mol. The van der Waals surface area contributed by atoms with Gasteiger partial charge in [0, 0.05) is 30.2 Å². The summed E-state index contributed by atoms with van der Waals surface area (Å²) in [7, 11) is -7.60. The fourth-order valence-electron chi connectivity index (χ4n) is 2.94. The van der Waals surface area contributed by atoms with Gasteiger partial charge in [-0.3, -0.25) is 4.98 Å². The first-order chi connectivity index (χ1) is 14.1. The van der Waals surface area contributed by atoms with E-state index in [2.05, 4.69) is 19.9 Å². The summed E-state index contributed by atoms with van der Waals surface area (Å²) in [5.74, 6) is 0.194. The molecule has 3 aromatic rings. The number of nitrogens with zero attached hydrogens (tertiary/aromatic N) is 4. The standard InChI is InChI=1S/C18H20ClN5O4S2/c1-3-24-17(21-22-18(24)29(2,25)26)16(11-13-5-4-10-20-12-13)23-30(27,28)15-8-6-14(19)7-9-15/h4-10,12,16,23H,3,11H2,1-2H3. The van der Waals surface area contributed by atoms with E-state index in [1.54, 1.807) is 31.5 Å². The lowest BCUT2D eigenvalue weighted by atomic mass is 10.1. The van der Waals surface area contributed by atoms with Crippen LogP contribution in [0.3, 0.4) is 0 Å². The van der Waals surface area contributed by atoms with Gasteiger partial charge in [0.05, 0.1) is 10.9 Å². The Labute approximate surface area is 180 Å². The number of hydrogen-bond acceptors (Lipinski definition) is 7. The van der Waals surface area contributed by atoms with E-state index in [1.807, 2.05) is 0 Å². The van der Waals surface area contributed by atoms with Crippen molar-refractivity contribution in [3.8, 4) is 0 Å². The molecule has 1 aromatic carbocycles. The van der Waals surface area contributed by atoms with Crippen LogP contribution in [0, 0.1) is 0 Å². The quantitative estimate of drug-likeness (QED) is 0.535. The smallest absolute Gasteiger partial charge is 0.249 e. The van der Waals surface area contributed by atoms with E-state index in [0.717, 1.165) is 11.8 Å². The van der Waals surface area contributed by atoms with E-state index in [9.17, 15) is 16.8 Å². The van der Waals surface area contributed by atoms with Gasteiger partial charge in [-0.05, 0) is 49.2 Å². The highest BCUT2D eigenvalue weighted by Gasteiger charge is 2.29. The van der Waals surface area contributed by atoms with Crippen molar-refractivity contribution in [2.24, 2.45) is 0 Å². The number of sulfonamides is 1. The zero-order valence-corrected chi connectivity index (χ0v) is 18.6. The molecule has 3 rings (SSSR count). The maximum Gasteiger partial charge on any atom is 0.249 e. The van der Waals surface area contributed by atoms with Gasteiger partial charge >= 0.3 is 0 Å². The van der Waals surface area contributed by atoms with E-state index >= 15 is 0 Å². The van der Waals surface area contributed by atoms with E-state index in [4.69, 9.17) is 11.6 Å². The number of aromatic nitrogens is 4. The summed E-state index contributed by atoms with van der Waals surface area (Å²) in [4.78, 5) is 4.07.